The fourth-order valence-electron chi connectivity index (χ4n) is 4.69. The molecule has 0 radical (unpaired) electrons. The molecule has 1 atom stereocenters. The standard InChI is InChI=1S/C28H39FN2O5/c1-5-19(16-27(32)33)20-7-10-26(31(18-28(3,4)34)21-11-13-35-14-12-21)25(15-20)30-24-9-8-22(36-6-2)17-23(24)29/h7-10,15,17,19,21,30,34H,5-6,11-14,16,18H2,1-4H3,(H,32,33)/t19-/m0/s1. The van der Waals surface area contributed by atoms with Crippen molar-refractivity contribution in [2.75, 3.05) is 36.6 Å². The average molecular weight is 503 g/mol. The van der Waals surface area contributed by atoms with Crippen LogP contribution in [0.5, 0.6) is 5.75 Å². The van der Waals surface area contributed by atoms with Crippen LogP contribution in [0.1, 0.15) is 64.9 Å². The van der Waals surface area contributed by atoms with Gasteiger partial charge >= 0.3 is 5.97 Å². The first-order valence-corrected chi connectivity index (χ1v) is 12.7. The van der Waals surface area contributed by atoms with E-state index in [1.165, 1.54) is 6.07 Å². The van der Waals surface area contributed by atoms with Gasteiger partial charge in [0.05, 0.1) is 35.7 Å². The van der Waals surface area contributed by atoms with E-state index in [1.807, 2.05) is 32.0 Å². The molecule has 36 heavy (non-hydrogen) atoms. The summed E-state index contributed by atoms with van der Waals surface area (Å²) in [5.41, 5.74) is 1.68. The summed E-state index contributed by atoms with van der Waals surface area (Å²) in [6.07, 6.45) is 2.30. The van der Waals surface area contributed by atoms with Crippen LogP contribution in [0.3, 0.4) is 0 Å². The van der Waals surface area contributed by atoms with Gasteiger partial charge in [-0.1, -0.05) is 13.0 Å². The van der Waals surface area contributed by atoms with Gasteiger partial charge in [-0.3, -0.25) is 4.79 Å². The molecule has 0 saturated carbocycles. The molecule has 3 N–H and O–H groups in total. The van der Waals surface area contributed by atoms with Crippen molar-refractivity contribution in [2.24, 2.45) is 0 Å². The predicted octanol–water partition coefficient (Wildman–Crippen LogP) is 5.69. The second-order valence-corrected chi connectivity index (χ2v) is 9.96. The van der Waals surface area contributed by atoms with Gasteiger partial charge in [-0.2, -0.15) is 0 Å². The summed E-state index contributed by atoms with van der Waals surface area (Å²) in [5, 5.41) is 23.4. The smallest absolute Gasteiger partial charge is 0.303 e. The minimum atomic E-state index is -0.964. The third kappa shape index (κ3) is 7.58. The molecule has 8 heteroatoms. The molecule has 0 aliphatic carbocycles. The number of carboxylic acid groups (broad SMARTS) is 1. The molecule has 0 amide bonds. The summed E-state index contributed by atoms with van der Waals surface area (Å²) >= 11 is 0. The first-order valence-electron chi connectivity index (χ1n) is 12.7. The second kappa shape index (κ2) is 12.4. The summed E-state index contributed by atoms with van der Waals surface area (Å²) in [5.74, 6) is -1.03. The lowest BCUT2D eigenvalue weighted by atomic mass is 9.92. The summed E-state index contributed by atoms with van der Waals surface area (Å²) < 4.78 is 26.0. The maximum atomic E-state index is 15.0. The molecular formula is C28H39FN2O5. The Morgan fingerprint density at radius 1 is 1.19 bits per heavy atom. The van der Waals surface area contributed by atoms with Crippen LogP contribution in [-0.2, 0) is 9.53 Å². The Morgan fingerprint density at radius 2 is 1.92 bits per heavy atom. The van der Waals surface area contributed by atoms with E-state index in [2.05, 4.69) is 10.2 Å². The number of carbonyl (C=O) groups is 1. The minimum absolute atomic E-state index is 0.0139. The predicted molar refractivity (Wildman–Crippen MR) is 140 cm³/mol. The molecule has 0 unspecified atom stereocenters. The number of ether oxygens (including phenoxy) is 2. The van der Waals surface area contributed by atoms with Gasteiger partial charge < -0.3 is 29.9 Å². The maximum absolute atomic E-state index is 15.0. The number of anilines is 3. The number of halogens is 1. The van der Waals surface area contributed by atoms with Crippen LogP contribution in [0.25, 0.3) is 0 Å². The molecular weight excluding hydrogens is 463 g/mol. The van der Waals surface area contributed by atoms with Crippen molar-refractivity contribution in [1.82, 2.24) is 0 Å². The van der Waals surface area contributed by atoms with Crippen LogP contribution in [0.4, 0.5) is 21.5 Å². The Balaban J connectivity index is 2.08. The Morgan fingerprint density at radius 3 is 2.50 bits per heavy atom. The summed E-state index contributed by atoms with van der Waals surface area (Å²) in [6, 6.07) is 10.7. The highest BCUT2D eigenvalue weighted by Gasteiger charge is 2.29. The van der Waals surface area contributed by atoms with Crippen LogP contribution in [-0.4, -0.2) is 54.2 Å². The van der Waals surface area contributed by atoms with Crippen molar-refractivity contribution in [3.63, 3.8) is 0 Å². The Hall–Kier alpha value is -2.84. The summed E-state index contributed by atoms with van der Waals surface area (Å²) in [6.45, 7) is 9.44. The molecule has 1 heterocycles. The first-order chi connectivity index (χ1) is 17.1. The number of aliphatic hydroxyl groups is 1. The van der Waals surface area contributed by atoms with Gasteiger partial charge in [-0.15, -0.1) is 0 Å². The zero-order valence-electron chi connectivity index (χ0n) is 21.7. The van der Waals surface area contributed by atoms with E-state index in [0.29, 0.717) is 49.9 Å². The number of nitrogens with one attached hydrogen (secondary N) is 1. The lowest BCUT2D eigenvalue weighted by molar-refractivity contribution is -0.137. The number of carboxylic acids is 1. The third-order valence-corrected chi connectivity index (χ3v) is 6.43. The number of hydrogen-bond donors (Lipinski definition) is 3. The first kappa shape index (κ1) is 27.7. The fourth-order valence-corrected chi connectivity index (χ4v) is 4.69. The molecule has 0 bridgehead atoms. The monoisotopic (exact) mass is 502 g/mol. The maximum Gasteiger partial charge on any atom is 0.303 e. The molecule has 2 aromatic carbocycles. The highest BCUT2D eigenvalue weighted by Crippen LogP contribution is 2.38. The van der Waals surface area contributed by atoms with E-state index < -0.39 is 17.4 Å². The van der Waals surface area contributed by atoms with Crippen LogP contribution < -0.4 is 15.0 Å². The van der Waals surface area contributed by atoms with Gasteiger partial charge in [-0.05, 0) is 75.8 Å². The fraction of sp³-hybridized carbons (Fsp3) is 0.536. The van der Waals surface area contributed by atoms with Gasteiger partial charge in [-0.25, -0.2) is 4.39 Å². The second-order valence-electron chi connectivity index (χ2n) is 9.96. The van der Waals surface area contributed by atoms with Crippen molar-refractivity contribution in [3.05, 3.63) is 47.8 Å². The summed E-state index contributed by atoms with van der Waals surface area (Å²) in [4.78, 5) is 13.6. The van der Waals surface area contributed by atoms with E-state index in [4.69, 9.17) is 9.47 Å². The quantitative estimate of drug-likeness (QED) is 0.343. The number of benzene rings is 2. The average Bonchev–Trinajstić information content (AvgIpc) is 2.83. The van der Waals surface area contributed by atoms with Gasteiger partial charge in [0.25, 0.3) is 0 Å². The van der Waals surface area contributed by atoms with Gasteiger partial charge in [0, 0.05) is 31.9 Å². The van der Waals surface area contributed by atoms with Crippen LogP contribution in [0.15, 0.2) is 36.4 Å². The molecule has 2 aromatic rings. The van der Waals surface area contributed by atoms with Crippen molar-refractivity contribution < 1.29 is 28.9 Å². The summed E-state index contributed by atoms with van der Waals surface area (Å²) in [7, 11) is 0. The van der Waals surface area contributed by atoms with Gasteiger partial charge in [0.1, 0.15) is 11.6 Å². The van der Waals surface area contributed by atoms with E-state index in [0.717, 1.165) is 24.1 Å². The Kier molecular flexibility index (Phi) is 9.56. The number of aliphatic carboxylic acids is 1. The molecule has 1 saturated heterocycles. The number of hydrogen-bond acceptors (Lipinski definition) is 6. The number of rotatable bonds is 12. The molecule has 1 aliphatic rings. The Labute approximate surface area is 213 Å². The zero-order valence-corrected chi connectivity index (χ0v) is 21.7. The minimum Gasteiger partial charge on any atom is -0.494 e. The molecule has 198 valence electrons. The number of nitrogens with zero attached hydrogens (tertiary/aromatic N) is 1. The molecule has 0 aromatic heterocycles. The van der Waals surface area contributed by atoms with E-state index in [-0.39, 0.29) is 18.4 Å². The van der Waals surface area contributed by atoms with E-state index in [1.54, 1.807) is 26.0 Å². The molecule has 1 fully saturated rings. The van der Waals surface area contributed by atoms with Crippen molar-refractivity contribution in [1.29, 1.82) is 0 Å². The topological polar surface area (TPSA) is 91.3 Å². The van der Waals surface area contributed by atoms with Gasteiger partial charge in [0.2, 0.25) is 0 Å². The Bertz CT molecular complexity index is 1020. The molecule has 1 aliphatic heterocycles. The van der Waals surface area contributed by atoms with E-state index >= 15 is 4.39 Å². The normalized spacial score (nSPS) is 15.4. The highest BCUT2D eigenvalue weighted by atomic mass is 19.1. The largest absolute Gasteiger partial charge is 0.494 e. The van der Waals surface area contributed by atoms with Crippen LogP contribution in [0.2, 0.25) is 0 Å². The van der Waals surface area contributed by atoms with Crippen molar-refractivity contribution in [2.45, 2.75) is 70.9 Å². The van der Waals surface area contributed by atoms with Gasteiger partial charge in [0.15, 0.2) is 0 Å². The highest BCUT2D eigenvalue weighted by molar-refractivity contribution is 5.77. The zero-order chi connectivity index (χ0) is 26.3. The van der Waals surface area contributed by atoms with Crippen LogP contribution in [0, 0.1) is 5.82 Å². The SMILES string of the molecule is CCOc1ccc(Nc2cc([C@@H](CC)CC(=O)O)ccc2N(CC(C)(C)O)C2CCOCC2)c(F)c1. The molecule has 7 nitrogen and oxygen atoms in total. The third-order valence-electron chi connectivity index (χ3n) is 6.43. The lowest BCUT2D eigenvalue weighted by Gasteiger charge is -2.40. The molecule has 0 spiro atoms. The van der Waals surface area contributed by atoms with Crippen molar-refractivity contribution >= 4 is 23.0 Å². The van der Waals surface area contributed by atoms with E-state index in [9.17, 15) is 15.0 Å². The lowest BCUT2D eigenvalue weighted by Crippen LogP contribution is -2.47. The molecule has 3 rings (SSSR count). The van der Waals surface area contributed by atoms with Crippen LogP contribution >= 0.6 is 0 Å². The van der Waals surface area contributed by atoms with Crippen molar-refractivity contribution in [3.8, 4) is 5.75 Å².